The third kappa shape index (κ3) is 17.2. The number of hydrogen-bond acceptors (Lipinski definition) is 6. The highest BCUT2D eigenvalue weighted by atomic mass is 32.1. The first kappa shape index (κ1) is 22.4. The van der Waals surface area contributed by atoms with Crippen molar-refractivity contribution in [3.05, 3.63) is 134 Å². The largest absolute Gasteiger partial charge is 0.473 e. The Bertz CT molecular complexity index is 597. The SMILES string of the molecule is c1ccccc1.c1ccncc1.c1ccoc1.c1cncnc1.c1cscn1. The van der Waals surface area contributed by atoms with Crippen LogP contribution in [0.4, 0.5) is 0 Å². The van der Waals surface area contributed by atoms with E-state index in [9.17, 15) is 0 Å². The molecule has 0 amide bonds. The molecular weight excluding hydrogens is 368 g/mol. The number of hydrogen-bond donors (Lipinski definition) is 0. The zero-order chi connectivity index (χ0) is 19.8. The van der Waals surface area contributed by atoms with Crippen molar-refractivity contribution < 1.29 is 4.42 Å². The minimum atomic E-state index is 1.50. The molecule has 0 aliphatic rings. The molecule has 4 heterocycles. The predicted octanol–water partition coefficient (Wildman–Crippen LogP) is 5.67. The minimum Gasteiger partial charge on any atom is -0.473 e. The molecule has 0 saturated heterocycles. The zero-order valence-electron chi connectivity index (χ0n) is 15.3. The first-order valence-electron chi connectivity index (χ1n) is 8.34. The van der Waals surface area contributed by atoms with Gasteiger partial charge in [0.1, 0.15) is 6.33 Å². The van der Waals surface area contributed by atoms with Gasteiger partial charge in [0, 0.05) is 36.4 Å². The Kier molecular flexibility index (Phi) is 15.7. The Morgan fingerprint density at radius 3 is 1.18 bits per heavy atom. The van der Waals surface area contributed by atoms with Gasteiger partial charge in [-0.3, -0.25) is 9.97 Å². The summed E-state index contributed by atoms with van der Waals surface area (Å²) in [7, 11) is 0. The van der Waals surface area contributed by atoms with Crippen molar-refractivity contribution in [3.63, 3.8) is 0 Å². The summed E-state index contributed by atoms with van der Waals surface area (Å²) in [5.41, 5.74) is 1.79. The van der Waals surface area contributed by atoms with E-state index in [1.54, 1.807) is 66.4 Å². The molecular formula is C22H22N4OS. The van der Waals surface area contributed by atoms with E-state index in [-0.39, 0.29) is 0 Å². The Balaban J connectivity index is 0.000000175. The van der Waals surface area contributed by atoms with Crippen molar-refractivity contribution in [3.8, 4) is 0 Å². The van der Waals surface area contributed by atoms with Gasteiger partial charge < -0.3 is 4.42 Å². The second-order valence-electron chi connectivity index (χ2n) is 4.55. The van der Waals surface area contributed by atoms with Gasteiger partial charge in [-0.2, -0.15) is 0 Å². The summed E-state index contributed by atoms with van der Waals surface area (Å²) >= 11 is 1.60. The maximum absolute atomic E-state index is 4.58. The second kappa shape index (κ2) is 19.7. The average molecular weight is 391 g/mol. The van der Waals surface area contributed by atoms with Crippen LogP contribution in [0.1, 0.15) is 0 Å². The summed E-state index contributed by atoms with van der Waals surface area (Å²) in [6.07, 6.45) is 13.4. The average Bonchev–Trinajstić information content (AvgIpc) is 3.58. The van der Waals surface area contributed by atoms with Crippen LogP contribution in [-0.4, -0.2) is 19.9 Å². The van der Waals surface area contributed by atoms with Crippen molar-refractivity contribution in [2.24, 2.45) is 0 Å². The molecule has 0 unspecified atom stereocenters. The van der Waals surface area contributed by atoms with Gasteiger partial charge in [0.05, 0.1) is 18.0 Å². The lowest BCUT2D eigenvalue weighted by atomic mass is 10.4. The van der Waals surface area contributed by atoms with Crippen LogP contribution in [0.2, 0.25) is 0 Å². The Morgan fingerprint density at radius 2 is 1.00 bits per heavy atom. The maximum atomic E-state index is 4.58. The molecule has 142 valence electrons. The normalized spacial score (nSPS) is 8.00. The summed E-state index contributed by atoms with van der Waals surface area (Å²) in [4.78, 5) is 14.9. The van der Waals surface area contributed by atoms with E-state index in [0.717, 1.165) is 0 Å². The topological polar surface area (TPSA) is 64.7 Å². The molecule has 5 aromatic rings. The maximum Gasteiger partial charge on any atom is 0.115 e. The van der Waals surface area contributed by atoms with E-state index in [4.69, 9.17) is 0 Å². The van der Waals surface area contributed by atoms with Gasteiger partial charge in [-0.05, 0) is 30.3 Å². The van der Waals surface area contributed by atoms with E-state index in [0.29, 0.717) is 0 Å². The summed E-state index contributed by atoms with van der Waals surface area (Å²) in [5.74, 6) is 0. The molecule has 5 rings (SSSR count). The lowest BCUT2D eigenvalue weighted by Crippen LogP contribution is -1.66. The summed E-state index contributed by atoms with van der Waals surface area (Å²) in [5, 5.41) is 1.93. The fraction of sp³-hybridized carbons (Fsp3) is 0. The highest BCUT2D eigenvalue weighted by molar-refractivity contribution is 7.07. The first-order valence-corrected chi connectivity index (χ1v) is 9.28. The molecule has 0 radical (unpaired) electrons. The van der Waals surface area contributed by atoms with Gasteiger partial charge in [-0.15, -0.1) is 11.3 Å². The molecule has 0 spiro atoms. The van der Waals surface area contributed by atoms with Crippen LogP contribution in [-0.2, 0) is 0 Å². The number of pyridine rings is 1. The summed E-state index contributed by atoms with van der Waals surface area (Å²) < 4.78 is 4.58. The number of benzene rings is 1. The van der Waals surface area contributed by atoms with Crippen molar-refractivity contribution in [1.82, 2.24) is 19.9 Å². The van der Waals surface area contributed by atoms with Gasteiger partial charge >= 0.3 is 0 Å². The number of aromatic nitrogens is 4. The van der Waals surface area contributed by atoms with Crippen LogP contribution >= 0.6 is 11.3 Å². The quantitative estimate of drug-likeness (QED) is 0.341. The molecule has 0 bridgehead atoms. The smallest absolute Gasteiger partial charge is 0.115 e. The fourth-order valence-electron chi connectivity index (χ4n) is 1.35. The highest BCUT2D eigenvalue weighted by Crippen LogP contribution is 1.86. The Hall–Kier alpha value is -3.64. The van der Waals surface area contributed by atoms with Crippen molar-refractivity contribution in [2.45, 2.75) is 0 Å². The van der Waals surface area contributed by atoms with Crippen molar-refractivity contribution in [2.75, 3.05) is 0 Å². The van der Waals surface area contributed by atoms with E-state index >= 15 is 0 Å². The van der Waals surface area contributed by atoms with Gasteiger partial charge in [0.25, 0.3) is 0 Å². The van der Waals surface area contributed by atoms with Gasteiger partial charge in [0.2, 0.25) is 0 Å². The monoisotopic (exact) mass is 390 g/mol. The lowest BCUT2D eigenvalue weighted by Gasteiger charge is -1.70. The molecule has 1 aromatic carbocycles. The zero-order valence-corrected chi connectivity index (χ0v) is 16.1. The van der Waals surface area contributed by atoms with Gasteiger partial charge in [-0.1, -0.05) is 42.5 Å². The molecule has 0 atom stereocenters. The Labute approximate surface area is 169 Å². The summed E-state index contributed by atoms with van der Waals surface area (Å²) in [6.45, 7) is 0. The standard InChI is InChI=1S/C6H6.C5H5N.C4H4N2.C4H4O.C3H3NS/c2*1-2-4-6-5-3-1;1-2-5-4-6-3-1;1-2-4-5-3-1;1-2-5-3-4-1/h1-6H;1-5H;1-4H;1-4H;1-3H. The fourth-order valence-corrected chi connectivity index (χ4v) is 1.70. The minimum absolute atomic E-state index is 1.50. The highest BCUT2D eigenvalue weighted by Gasteiger charge is 1.61. The molecule has 0 N–H and O–H groups in total. The predicted molar refractivity (Wildman–Crippen MR) is 114 cm³/mol. The number of rotatable bonds is 0. The van der Waals surface area contributed by atoms with Crippen molar-refractivity contribution in [1.29, 1.82) is 0 Å². The Morgan fingerprint density at radius 1 is 0.464 bits per heavy atom. The van der Waals surface area contributed by atoms with E-state index in [1.165, 1.54) is 6.33 Å². The number of furan rings is 1. The third-order valence-electron chi connectivity index (χ3n) is 2.48. The molecule has 0 saturated carbocycles. The van der Waals surface area contributed by atoms with Crippen LogP contribution in [0.15, 0.2) is 138 Å². The second-order valence-corrected chi connectivity index (χ2v) is 5.31. The van der Waals surface area contributed by atoms with E-state index in [2.05, 4.69) is 24.4 Å². The molecule has 0 fully saturated rings. The third-order valence-corrected chi connectivity index (χ3v) is 3.01. The molecule has 0 aliphatic carbocycles. The van der Waals surface area contributed by atoms with Crippen molar-refractivity contribution >= 4 is 11.3 Å². The van der Waals surface area contributed by atoms with E-state index < -0.39 is 0 Å². The van der Waals surface area contributed by atoms with Crippen LogP contribution < -0.4 is 0 Å². The molecule has 6 heteroatoms. The number of thiazole rings is 1. The lowest BCUT2D eigenvalue weighted by molar-refractivity contribution is 0.567. The molecule has 4 aromatic heterocycles. The van der Waals surface area contributed by atoms with E-state index in [1.807, 2.05) is 72.1 Å². The molecule has 28 heavy (non-hydrogen) atoms. The molecule has 5 nitrogen and oxygen atoms in total. The van der Waals surface area contributed by atoms with Crippen LogP contribution in [0.5, 0.6) is 0 Å². The number of nitrogens with zero attached hydrogens (tertiary/aromatic N) is 4. The van der Waals surface area contributed by atoms with Gasteiger partial charge in [0.15, 0.2) is 0 Å². The van der Waals surface area contributed by atoms with Crippen LogP contribution in [0, 0.1) is 0 Å². The van der Waals surface area contributed by atoms with Crippen LogP contribution in [0.25, 0.3) is 0 Å². The first-order chi connectivity index (χ1) is 14.0. The van der Waals surface area contributed by atoms with Gasteiger partial charge in [-0.25, -0.2) is 9.97 Å². The van der Waals surface area contributed by atoms with Crippen LogP contribution in [0.3, 0.4) is 0 Å². The summed E-state index contributed by atoms with van der Waals surface area (Å²) in [6, 6.07) is 23.2. The molecule has 0 aliphatic heterocycles.